The highest BCUT2D eigenvalue weighted by molar-refractivity contribution is 7.71. The molecule has 0 spiro atoms. The van der Waals surface area contributed by atoms with E-state index in [0.29, 0.717) is 16.4 Å². The number of nitrogens with zero attached hydrogens (tertiary/aromatic N) is 3. The van der Waals surface area contributed by atoms with E-state index in [2.05, 4.69) is 20.5 Å². The Morgan fingerprint density at radius 1 is 1.11 bits per heavy atom. The lowest BCUT2D eigenvalue weighted by atomic mass is 10.1. The first-order valence-electron chi connectivity index (χ1n) is 8.48. The van der Waals surface area contributed by atoms with E-state index in [1.54, 1.807) is 10.6 Å². The fourth-order valence-corrected chi connectivity index (χ4v) is 3.05. The Labute approximate surface area is 160 Å². The number of nitrogens with one attached hydrogen (secondary N) is 2. The van der Waals surface area contributed by atoms with Crippen molar-refractivity contribution in [1.29, 1.82) is 0 Å². The molecule has 0 radical (unpaired) electrons. The second-order valence-electron chi connectivity index (χ2n) is 6.24. The molecular formula is C20H17N5OS. The van der Waals surface area contributed by atoms with Gasteiger partial charge in [-0.1, -0.05) is 48.0 Å². The molecule has 0 aliphatic rings. The maximum absolute atomic E-state index is 12.5. The van der Waals surface area contributed by atoms with E-state index in [1.807, 2.05) is 61.5 Å². The summed E-state index contributed by atoms with van der Waals surface area (Å²) < 4.78 is 2.07. The monoisotopic (exact) mass is 375 g/mol. The Kier molecular flexibility index (Phi) is 4.52. The van der Waals surface area contributed by atoms with E-state index < -0.39 is 0 Å². The number of fused-ring (bicyclic) bond motifs is 1. The third-order valence-electron chi connectivity index (χ3n) is 4.24. The van der Waals surface area contributed by atoms with Gasteiger partial charge in [-0.15, -0.1) is 0 Å². The lowest BCUT2D eigenvalue weighted by molar-refractivity contribution is -0.116. The maximum Gasteiger partial charge on any atom is 0.245 e. The van der Waals surface area contributed by atoms with Crippen molar-refractivity contribution in [3.63, 3.8) is 0 Å². The summed E-state index contributed by atoms with van der Waals surface area (Å²) in [6, 6.07) is 19.4. The number of para-hydroxylation sites is 1. The average Bonchev–Trinajstić information content (AvgIpc) is 3.03. The van der Waals surface area contributed by atoms with Gasteiger partial charge >= 0.3 is 0 Å². The zero-order valence-corrected chi connectivity index (χ0v) is 15.5. The highest BCUT2D eigenvalue weighted by Gasteiger charge is 2.13. The van der Waals surface area contributed by atoms with Crippen LogP contribution in [0.1, 0.15) is 5.56 Å². The topological polar surface area (TPSA) is 75.6 Å². The van der Waals surface area contributed by atoms with Crippen LogP contribution in [0, 0.1) is 11.7 Å². The van der Waals surface area contributed by atoms with E-state index >= 15 is 0 Å². The molecule has 0 unspecified atom stereocenters. The molecule has 2 aromatic heterocycles. The minimum atomic E-state index is -0.219. The summed E-state index contributed by atoms with van der Waals surface area (Å²) in [6.45, 7) is 2.07. The number of amides is 1. The van der Waals surface area contributed by atoms with Crippen LogP contribution in [0.25, 0.3) is 22.3 Å². The number of rotatable bonds is 4. The zero-order valence-electron chi connectivity index (χ0n) is 14.6. The lowest BCUT2D eigenvalue weighted by Crippen LogP contribution is -2.20. The van der Waals surface area contributed by atoms with Gasteiger partial charge in [-0.05, 0) is 37.3 Å². The molecule has 0 aliphatic carbocycles. The summed E-state index contributed by atoms with van der Waals surface area (Å²) >= 11 is 5.29. The number of anilines is 1. The summed E-state index contributed by atoms with van der Waals surface area (Å²) in [7, 11) is 0. The van der Waals surface area contributed by atoms with Crippen LogP contribution in [-0.2, 0) is 11.3 Å². The molecule has 2 heterocycles. The Morgan fingerprint density at radius 2 is 1.89 bits per heavy atom. The van der Waals surface area contributed by atoms with Gasteiger partial charge in [0.15, 0.2) is 10.6 Å². The Hall–Kier alpha value is -3.32. The molecule has 0 aliphatic heterocycles. The fraction of sp³-hybridized carbons (Fsp3) is 0.100. The van der Waals surface area contributed by atoms with Crippen molar-refractivity contribution in [2.24, 2.45) is 0 Å². The second-order valence-corrected chi connectivity index (χ2v) is 6.63. The van der Waals surface area contributed by atoms with Crippen LogP contribution >= 0.6 is 12.2 Å². The molecule has 6 nitrogen and oxygen atoms in total. The van der Waals surface area contributed by atoms with Crippen molar-refractivity contribution in [3.8, 4) is 11.4 Å². The van der Waals surface area contributed by atoms with Crippen LogP contribution in [0.15, 0.2) is 60.7 Å². The predicted octanol–water partition coefficient (Wildman–Crippen LogP) is 4.10. The third kappa shape index (κ3) is 3.63. The van der Waals surface area contributed by atoms with Gasteiger partial charge in [0.25, 0.3) is 0 Å². The molecule has 0 saturated carbocycles. The first-order valence-corrected chi connectivity index (χ1v) is 8.89. The molecule has 1 amide bonds. The lowest BCUT2D eigenvalue weighted by Gasteiger charge is -2.09. The van der Waals surface area contributed by atoms with Gasteiger partial charge in [0.1, 0.15) is 12.4 Å². The molecule has 4 rings (SSSR count). The number of hydrogen-bond acceptors (Lipinski definition) is 4. The van der Waals surface area contributed by atoms with E-state index in [1.165, 1.54) is 0 Å². The van der Waals surface area contributed by atoms with Crippen molar-refractivity contribution in [2.75, 3.05) is 5.32 Å². The maximum atomic E-state index is 12.5. The Bertz CT molecular complexity index is 1180. The number of carbonyl (C=O) groups is 1. The summed E-state index contributed by atoms with van der Waals surface area (Å²) in [5.74, 6) is 0.913. The standard InChI is InChI=1S/C20H17N5OS/c1-13-6-8-15(9-7-13)19-23-24-20(27)25(19)12-18(26)22-17-11-10-14-4-2-3-5-16(14)21-17/h2-11H,12H2,1H3,(H,24,27)(H,21,22,26). The second kappa shape index (κ2) is 7.13. The van der Waals surface area contributed by atoms with Crippen molar-refractivity contribution >= 4 is 34.8 Å². The van der Waals surface area contributed by atoms with Gasteiger partial charge in [0.2, 0.25) is 5.91 Å². The molecule has 0 bridgehead atoms. The van der Waals surface area contributed by atoms with Crippen LogP contribution in [0.3, 0.4) is 0 Å². The van der Waals surface area contributed by atoms with E-state index in [9.17, 15) is 4.79 Å². The van der Waals surface area contributed by atoms with Gasteiger partial charge in [0, 0.05) is 10.9 Å². The normalized spacial score (nSPS) is 10.9. The molecule has 7 heteroatoms. The number of aromatic nitrogens is 4. The van der Waals surface area contributed by atoms with Gasteiger partial charge in [-0.25, -0.2) is 4.98 Å². The number of H-pyrrole nitrogens is 1. The average molecular weight is 375 g/mol. The quantitative estimate of drug-likeness (QED) is 0.527. The SMILES string of the molecule is Cc1ccc(-c2n[nH]c(=S)n2CC(=O)Nc2ccc3ccccc3n2)cc1. The smallest absolute Gasteiger partial charge is 0.245 e. The Balaban J connectivity index is 1.56. The number of carbonyl (C=O) groups excluding carboxylic acids is 1. The van der Waals surface area contributed by atoms with Gasteiger partial charge in [-0.3, -0.25) is 14.5 Å². The molecule has 0 saturated heterocycles. The molecule has 0 atom stereocenters. The molecule has 0 fully saturated rings. The number of pyridine rings is 1. The van der Waals surface area contributed by atoms with Crippen LogP contribution in [0.2, 0.25) is 0 Å². The molecule has 2 aromatic carbocycles. The molecule has 2 N–H and O–H groups in total. The number of aryl methyl sites for hydroxylation is 1. The largest absolute Gasteiger partial charge is 0.309 e. The summed E-state index contributed by atoms with van der Waals surface area (Å²) in [5, 5.41) is 10.9. The first kappa shape index (κ1) is 17.1. The first-order chi connectivity index (χ1) is 13.1. The minimum absolute atomic E-state index is 0.0487. The predicted molar refractivity (Wildman–Crippen MR) is 108 cm³/mol. The van der Waals surface area contributed by atoms with Crippen molar-refractivity contribution in [1.82, 2.24) is 19.7 Å². The summed E-state index contributed by atoms with van der Waals surface area (Å²) in [4.78, 5) is 17.0. The molecule has 27 heavy (non-hydrogen) atoms. The Morgan fingerprint density at radius 3 is 2.70 bits per heavy atom. The molecule has 134 valence electrons. The van der Waals surface area contributed by atoms with Crippen molar-refractivity contribution in [2.45, 2.75) is 13.5 Å². The highest BCUT2D eigenvalue weighted by atomic mass is 32.1. The number of hydrogen-bond donors (Lipinski definition) is 2. The van der Waals surface area contributed by atoms with Crippen LogP contribution in [0.5, 0.6) is 0 Å². The molecular weight excluding hydrogens is 358 g/mol. The molecule has 4 aromatic rings. The summed E-state index contributed by atoms with van der Waals surface area (Å²) in [5.41, 5.74) is 2.87. The van der Waals surface area contributed by atoms with E-state index in [4.69, 9.17) is 12.2 Å². The van der Waals surface area contributed by atoms with Gasteiger partial charge < -0.3 is 5.32 Å². The van der Waals surface area contributed by atoms with Gasteiger partial charge in [0.05, 0.1) is 5.52 Å². The highest BCUT2D eigenvalue weighted by Crippen LogP contribution is 2.18. The van der Waals surface area contributed by atoms with Crippen LogP contribution < -0.4 is 5.32 Å². The minimum Gasteiger partial charge on any atom is -0.309 e. The zero-order chi connectivity index (χ0) is 18.8. The fourth-order valence-electron chi connectivity index (χ4n) is 2.85. The van der Waals surface area contributed by atoms with Crippen LogP contribution in [0.4, 0.5) is 5.82 Å². The number of aromatic amines is 1. The van der Waals surface area contributed by atoms with Crippen molar-refractivity contribution < 1.29 is 4.79 Å². The number of benzene rings is 2. The van der Waals surface area contributed by atoms with Gasteiger partial charge in [-0.2, -0.15) is 5.10 Å². The van der Waals surface area contributed by atoms with Crippen molar-refractivity contribution in [3.05, 3.63) is 71.0 Å². The van der Waals surface area contributed by atoms with E-state index in [-0.39, 0.29) is 12.5 Å². The van der Waals surface area contributed by atoms with Crippen LogP contribution in [-0.4, -0.2) is 25.7 Å². The summed E-state index contributed by atoms with van der Waals surface area (Å²) in [6.07, 6.45) is 0. The van der Waals surface area contributed by atoms with E-state index in [0.717, 1.165) is 22.0 Å². The third-order valence-corrected chi connectivity index (χ3v) is 4.55.